The van der Waals surface area contributed by atoms with E-state index in [1.807, 2.05) is 7.05 Å². The lowest BCUT2D eigenvalue weighted by atomic mass is 10.1. The van der Waals surface area contributed by atoms with Crippen LogP contribution >= 0.6 is 0 Å². The van der Waals surface area contributed by atoms with Crippen molar-refractivity contribution in [1.82, 2.24) is 10.2 Å². The highest BCUT2D eigenvalue weighted by molar-refractivity contribution is 6.03. The van der Waals surface area contributed by atoms with Crippen LogP contribution in [0.15, 0.2) is 18.2 Å². The van der Waals surface area contributed by atoms with E-state index in [1.54, 1.807) is 0 Å². The Hall–Kier alpha value is -1.59. The van der Waals surface area contributed by atoms with Crippen LogP contribution in [0, 0.1) is 0 Å². The largest absolute Gasteiger partial charge is 0.369 e. The van der Waals surface area contributed by atoms with Gasteiger partial charge in [-0.3, -0.25) is 9.69 Å². The maximum absolute atomic E-state index is 11.9. The summed E-state index contributed by atoms with van der Waals surface area (Å²) in [5.41, 5.74) is 3.20. The molecule has 1 fully saturated rings. The predicted molar refractivity (Wildman–Crippen MR) is 85.8 cm³/mol. The molecule has 2 unspecified atom stereocenters. The van der Waals surface area contributed by atoms with Gasteiger partial charge < -0.3 is 15.5 Å². The zero-order valence-electron chi connectivity index (χ0n) is 13.0. The number of hydrogen-bond acceptors (Lipinski definition) is 4. The normalized spacial score (nSPS) is 25.9. The second-order valence-electron chi connectivity index (χ2n) is 5.97. The number of benzene rings is 1. The van der Waals surface area contributed by atoms with Crippen molar-refractivity contribution in [2.24, 2.45) is 0 Å². The summed E-state index contributed by atoms with van der Waals surface area (Å²) < 4.78 is 0. The van der Waals surface area contributed by atoms with Gasteiger partial charge in [-0.15, -0.1) is 0 Å². The second-order valence-corrected chi connectivity index (χ2v) is 5.97. The molecule has 3 rings (SSSR count). The van der Waals surface area contributed by atoms with E-state index in [2.05, 4.69) is 52.6 Å². The number of carbonyl (C=O) groups excluding carboxylic acids is 1. The Balaban J connectivity index is 1.82. The van der Waals surface area contributed by atoms with E-state index in [1.165, 1.54) is 5.69 Å². The fourth-order valence-electron chi connectivity index (χ4n) is 3.36. The van der Waals surface area contributed by atoms with Crippen molar-refractivity contribution >= 4 is 17.3 Å². The highest BCUT2D eigenvalue weighted by atomic mass is 16.2. The SMILES string of the molecule is CCC1CN(c2ccc3c(c2)NC(=O)C3NC)CCN1C. The third-order valence-electron chi connectivity index (χ3n) is 4.77. The molecule has 2 aliphatic rings. The van der Waals surface area contributed by atoms with E-state index in [9.17, 15) is 4.79 Å². The van der Waals surface area contributed by atoms with Crippen molar-refractivity contribution < 1.29 is 4.79 Å². The first-order valence-corrected chi connectivity index (χ1v) is 7.71. The number of piperazine rings is 1. The standard InChI is InChI=1S/C16H24N4O/c1-4-11-10-20(8-7-19(11)3)12-5-6-13-14(9-12)18-16(21)15(13)17-2/h5-6,9,11,15,17H,4,7-8,10H2,1-3H3,(H,18,21). The Morgan fingerprint density at radius 2 is 2.19 bits per heavy atom. The van der Waals surface area contributed by atoms with Crippen molar-refractivity contribution in [2.45, 2.75) is 25.4 Å². The first-order valence-electron chi connectivity index (χ1n) is 7.71. The smallest absolute Gasteiger partial charge is 0.246 e. The van der Waals surface area contributed by atoms with Crippen LogP contribution in [0.25, 0.3) is 0 Å². The van der Waals surface area contributed by atoms with Crippen LogP contribution in [0.1, 0.15) is 24.9 Å². The molecule has 2 N–H and O–H groups in total. The number of fused-ring (bicyclic) bond motifs is 1. The molecule has 0 spiro atoms. The molecule has 0 radical (unpaired) electrons. The lowest BCUT2D eigenvalue weighted by molar-refractivity contribution is -0.117. The number of hydrogen-bond donors (Lipinski definition) is 2. The molecule has 21 heavy (non-hydrogen) atoms. The van der Waals surface area contributed by atoms with Crippen LogP contribution in [0.5, 0.6) is 0 Å². The van der Waals surface area contributed by atoms with E-state index >= 15 is 0 Å². The molecule has 1 saturated heterocycles. The summed E-state index contributed by atoms with van der Waals surface area (Å²) in [4.78, 5) is 16.8. The number of nitrogens with zero attached hydrogens (tertiary/aromatic N) is 2. The maximum atomic E-state index is 11.9. The Kier molecular flexibility index (Phi) is 3.87. The summed E-state index contributed by atoms with van der Waals surface area (Å²) in [5, 5.41) is 6.03. The van der Waals surface area contributed by atoms with Gasteiger partial charge in [-0.1, -0.05) is 13.0 Å². The number of anilines is 2. The molecule has 0 bridgehead atoms. The lowest BCUT2D eigenvalue weighted by Gasteiger charge is -2.40. The predicted octanol–water partition coefficient (Wildman–Crippen LogP) is 1.43. The maximum Gasteiger partial charge on any atom is 0.246 e. The molecule has 2 heterocycles. The molecular formula is C16H24N4O. The van der Waals surface area contributed by atoms with Gasteiger partial charge in [0.25, 0.3) is 0 Å². The minimum atomic E-state index is -0.218. The summed E-state index contributed by atoms with van der Waals surface area (Å²) in [7, 11) is 4.02. The number of carbonyl (C=O) groups is 1. The van der Waals surface area contributed by atoms with Crippen molar-refractivity contribution in [2.75, 3.05) is 43.9 Å². The average Bonchev–Trinajstić information content (AvgIpc) is 2.81. The first kappa shape index (κ1) is 14.4. The van der Waals surface area contributed by atoms with Gasteiger partial charge in [0.2, 0.25) is 5.91 Å². The van der Waals surface area contributed by atoms with Gasteiger partial charge in [0.05, 0.1) is 0 Å². The van der Waals surface area contributed by atoms with Gasteiger partial charge in [-0.2, -0.15) is 0 Å². The molecule has 5 nitrogen and oxygen atoms in total. The topological polar surface area (TPSA) is 47.6 Å². The third kappa shape index (κ3) is 2.51. The number of rotatable bonds is 3. The molecule has 0 aromatic heterocycles. The van der Waals surface area contributed by atoms with Gasteiger partial charge in [0, 0.05) is 42.6 Å². The highest BCUT2D eigenvalue weighted by Crippen LogP contribution is 2.34. The van der Waals surface area contributed by atoms with Gasteiger partial charge >= 0.3 is 0 Å². The Morgan fingerprint density at radius 1 is 1.38 bits per heavy atom. The van der Waals surface area contributed by atoms with Gasteiger partial charge in [-0.05, 0) is 32.6 Å². The van der Waals surface area contributed by atoms with Crippen LogP contribution in [0.2, 0.25) is 0 Å². The molecule has 0 saturated carbocycles. The van der Waals surface area contributed by atoms with Crippen LogP contribution < -0.4 is 15.5 Å². The van der Waals surface area contributed by atoms with Crippen LogP contribution in [-0.4, -0.2) is 50.6 Å². The molecule has 2 atom stereocenters. The summed E-state index contributed by atoms with van der Waals surface area (Å²) in [5.74, 6) is 0.0365. The molecule has 5 heteroatoms. The zero-order chi connectivity index (χ0) is 15.0. The summed E-state index contributed by atoms with van der Waals surface area (Å²) in [6, 6.07) is 6.71. The average molecular weight is 288 g/mol. The van der Waals surface area contributed by atoms with Gasteiger partial charge in [-0.25, -0.2) is 0 Å². The Labute approximate surface area is 126 Å². The van der Waals surface area contributed by atoms with Crippen LogP contribution in [0.3, 0.4) is 0 Å². The molecule has 0 aliphatic carbocycles. The second kappa shape index (κ2) is 5.66. The monoisotopic (exact) mass is 288 g/mol. The van der Waals surface area contributed by atoms with E-state index < -0.39 is 0 Å². The summed E-state index contributed by atoms with van der Waals surface area (Å²) in [6.07, 6.45) is 1.16. The van der Waals surface area contributed by atoms with Crippen molar-refractivity contribution in [3.63, 3.8) is 0 Å². The summed E-state index contributed by atoms with van der Waals surface area (Å²) >= 11 is 0. The van der Waals surface area contributed by atoms with Gasteiger partial charge in [0.15, 0.2) is 0 Å². The van der Waals surface area contributed by atoms with Crippen molar-refractivity contribution in [3.8, 4) is 0 Å². The van der Waals surface area contributed by atoms with E-state index in [0.29, 0.717) is 6.04 Å². The number of amides is 1. The fourth-order valence-corrected chi connectivity index (χ4v) is 3.36. The first-order chi connectivity index (χ1) is 10.1. The Morgan fingerprint density at radius 3 is 2.90 bits per heavy atom. The van der Waals surface area contributed by atoms with Gasteiger partial charge in [0.1, 0.15) is 6.04 Å². The summed E-state index contributed by atoms with van der Waals surface area (Å²) in [6.45, 7) is 5.41. The van der Waals surface area contributed by atoms with Crippen LogP contribution in [-0.2, 0) is 4.79 Å². The fraction of sp³-hybridized carbons (Fsp3) is 0.562. The van der Waals surface area contributed by atoms with Crippen LogP contribution in [0.4, 0.5) is 11.4 Å². The number of nitrogens with one attached hydrogen (secondary N) is 2. The molecule has 1 aromatic carbocycles. The molecular weight excluding hydrogens is 264 g/mol. The van der Waals surface area contributed by atoms with E-state index in [-0.39, 0.29) is 11.9 Å². The lowest BCUT2D eigenvalue weighted by Crippen LogP contribution is -2.51. The van der Waals surface area contributed by atoms with Crippen molar-refractivity contribution in [1.29, 1.82) is 0 Å². The molecule has 114 valence electrons. The Bertz CT molecular complexity index is 545. The zero-order valence-corrected chi connectivity index (χ0v) is 13.0. The molecule has 2 aliphatic heterocycles. The number of likely N-dealkylation sites (N-methyl/N-ethyl adjacent to an activating group) is 2. The minimum absolute atomic E-state index is 0.0365. The quantitative estimate of drug-likeness (QED) is 0.883. The van der Waals surface area contributed by atoms with Crippen molar-refractivity contribution in [3.05, 3.63) is 23.8 Å². The molecule has 1 aromatic rings. The van der Waals surface area contributed by atoms with E-state index in [4.69, 9.17) is 0 Å². The minimum Gasteiger partial charge on any atom is -0.369 e. The van der Waals surface area contributed by atoms with E-state index in [0.717, 1.165) is 37.3 Å². The third-order valence-corrected chi connectivity index (χ3v) is 4.77. The highest BCUT2D eigenvalue weighted by Gasteiger charge is 2.30. The molecule has 1 amide bonds.